The van der Waals surface area contributed by atoms with E-state index in [1.54, 1.807) is 31.4 Å². The maximum Gasteiger partial charge on any atom is 0.263 e. The topological polar surface area (TPSA) is 85.6 Å². The van der Waals surface area contributed by atoms with Crippen molar-refractivity contribution < 1.29 is 9.53 Å². The molecule has 1 aromatic carbocycles. The molecule has 4 rings (SSSR count). The lowest BCUT2D eigenvalue weighted by Gasteiger charge is -2.18. The second kappa shape index (κ2) is 8.92. The fraction of sp³-hybridized carbons (Fsp3) is 0.364. The Morgan fingerprint density at radius 3 is 3.03 bits per heavy atom. The summed E-state index contributed by atoms with van der Waals surface area (Å²) in [5.74, 6) is 0.948. The van der Waals surface area contributed by atoms with Crippen LogP contribution < -0.4 is 15.7 Å². The molecule has 1 aliphatic rings. The van der Waals surface area contributed by atoms with Crippen LogP contribution in [0.4, 0.5) is 0 Å². The first-order valence-electron chi connectivity index (χ1n) is 10.1. The van der Waals surface area contributed by atoms with Crippen molar-refractivity contribution in [1.29, 1.82) is 0 Å². The van der Waals surface area contributed by atoms with Gasteiger partial charge in [-0.3, -0.25) is 14.2 Å². The summed E-state index contributed by atoms with van der Waals surface area (Å²) in [7, 11) is 1.59. The SMILES string of the molecule is COc1ccc(/C=N/NC(=O)[C@@H](C)n2cnc3sc4c(c3c2=O)CC[C@H](C)C4)cc1Br. The first-order valence-corrected chi connectivity index (χ1v) is 11.7. The molecular formula is C22H23BrN4O3S. The van der Waals surface area contributed by atoms with Gasteiger partial charge in [0.15, 0.2) is 0 Å². The number of hydrogen-bond donors (Lipinski definition) is 1. The third kappa shape index (κ3) is 4.29. The van der Waals surface area contributed by atoms with E-state index in [9.17, 15) is 9.59 Å². The molecule has 162 valence electrons. The second-order valence-corrected chi connectivity index (χ2v) is 9.73. The summed E-state index contributed by atoms with van der Waals surface area (Å²) in [6.07, 6.45) is 5.95. The molecule has 0 saturated heterocycles. The first-order chi connectivity index (χ1) is 14.9. The molecule has 0 aliphatic heterocycles. The maximum absolute atomic E-state index is 13.2. The number of carbonyl (C=O) groups excluding carboxylic acids is 1. The van der Waals surface area contributed by atoms with Crippen LogP contribution in [-0.4, -0.2) is 28.8 Å². The van der Waals surface area contributed by atoms with Gasteiger partial charge in [0.05, 0.1) is 29.5 Å². The number of nitrogens with zero attached hydrogens (tertiary/aromatic N) is 3. The molecule has 0 saturated carbocycles. The Morgan fingerprint density at radius 1 is 1.48 bits per heavy atom. The van der Waals surface area contributed by atoms with Crippen molar-refractivity contribution in [2.75, 3.05) is 7.11 Å². The van der Waals surface area contributed by atoms with Crippen LogP contribution in [0.3, 0.4) is 0 Å². The number of fused-ring (bicyclic) bond motifs is 3. The van der Waals surface area contributed by atoms with Crippen molar-refractivity contribution in [1.82, 2.24) is 15.0 Å². The summed E-state index contributed by atoms with van der Waals surface area (Å²) < 4.78 is 7.38. The molecule has 1 aliphatic carbocycles. The zero-order valence-electron chi connectivity index (χ0n) is 17.5. The summed E-state index contributed by atoms with van der Waals surface area (Å²) in [4.78, 5) is 32.3. The zero-order chi connectivity index (χ0) is 22.1. The maximum atomic E-state index is 13.2. The third-order valence-electron chi connectivity index (χ3n) is 5.60. The fourth-order valence-corrected chi connectivity index (χ4v) is 5.67. The molecule has 0 unspecified atom stereocenters. The van der Waals surface area contributed by atoms with Gasteiger partial charge in [-0.2, -0.15) is 5.10 Å². The average molecular weight is 503 g/mol. The third-order valence-corrected chi connectivity index (χ3v) is 7.38. The molecule has 0 spiro atoms. The fourth-order valence-electron chi connectivity index (χ4n) is 3.77. The number of halogens is 1. The summed E-state index contributed by atoms with van der Waals surface area (Å²) in [5, 5.41) is 4.69. The van der Waals surface area contributed by atoms with E-state index >= 15 is 0 Å². The highest BCUT2D eigenvalue weighted by molar-refractivity contribution is 9.10. The standard InChI is InChI=1S/C22H23BrN4O3S/c1-12-4-6-15-18(8-12)31-21-19(15)22(29)27(11-24-21)13(2)20(28)26-25-10-14-5-7-17(30-3)16(23)9-14/h5,7,9-13H,4,6,8H2,1-3H3,(H,26,28)/b25-10+/t12-,13+/m0/s1. The van der Waals surface area contributed by atoms with Gasteiger partial charge >= 0.3 is 0 Å². The molecule has 2 aromatic heterocycles. The molecule has 7 nitrogen and oxygen atoms in total. The van der Waals surface area contributed by atoms with E-state index in [0.717, 1.165) is 39.7 Å². The molecule has 9 heteroatoms. The van der Waals surface area contributed by atoms with Crippen LogP contribution in [0.1, 0.15) is 42.3 Å². The van der Waals surface area contributed by atoms with E-state index in [2.05, 4.69) is 38.4 Å². The lowest BCUT2D eigenvalue weighted by molar-refractivity contribution is -0.123. The smallest absolute Gasteiger partial charge is 0.263 e. The Kier molecular flexibility index (Phi) is 6.24. The molecule has 0 radical (unpaired) electrons. The van der Waals surface area contributed by atoms with Crippen LogP contribution in [0.5, 0.6) is 5.75 Å². The van der Waals surface area contributed by atoms with Gasteiger partial charge in [0.2, 0.25) is 0 Å². The van der Waals surface area contributed by atoms with Gasteiger partial charge in [-0.25, -0.2) is 10.4 Å². The van der Waals surface area contributed by atoms with E-state index in [1.165, 1.54) is 22.0 Å². The number of thiophene rings is 1. The van der Waals surface area contributed by atoms with Crippen molar-refractivity contribution in [3.05, 3.63) is 55.4 Å². The Labute approximate surface area is 192 Å². The molecule has 0 bridgehead atoms. The quantitative estimate of drug-likeness (QED) is 0.420. The molecule has 1 N–H and O–H groups in total. The van der Waals surface area contributed by atoms with E-state index in [-0.39, 0.29) is 11.5 Å². The van der Waals surface area contributed by atoms with Gasteiger partial charge in [-0.1, -0.05) is 6.92 Å². The number of amides is 1. The van der Waals surface area contributed by atoms with Crippen LogP contribution in [0.15, 0.2) is 38.9 Å². The molecular weight excluding hydrogens is 480 g/mol. The van der Waals surface area contributed by atoms with Crippen molar-refractivity contribution >= 4 is 49.6 Å². The predicted octanol–water partition coefficient (Wildman–Crippen LogP) is 4.07. The normalized spacial score (nSPS) is 17.0. The number of benzene rings is 1. The van der Waals surface area contributed by atoms with Crippen molar-refractivity contribution in [2.45, 2.75) is 39.2 Å². The minimum Gasteiger partial charge on any atom is -0.496 e. The second-order valence-electron chi connectivity index (χ2n) is 7.79. The van der Waals surface area contributed by atoms with Crippen LogP contribution in [0.2, 0.25) is 0 Å². The van der Waals surface area contributed by atoms with Crippen LogP contribution in [0.25, 0.3) is 10.2 Å². The number of hydrogen-bond acceptors (Lipinski definition) is 6. The van der Waals surface area contributed by atoms with Gasteiger partial charge in [0.1, 0.15) is 16.6 Å². The Hall–Kier alpha value is -2.52. The first kappa shape index (κ1) is 21.7. The lowest BCUT2D eigenvalue weighted by Crippen LogP contribution is -2.34. The average Bonchev–Trinajstić information content (AvgIpc) is 3.12. The Morgan fingerprint density at radius 2 is 2.29 bits per heavy atom. The number of aromatic nitrogens is 2. The van der Waals surface area contributed by atoms with Gasteiger partial charge in [-0.15, -0.1) is 11.3 Å². The van der Waals surface area contributed by atoms with Crippen LogP contribution in [0, 0.1) is 5.92 Å². The van der Waals surface area contributed by atoms with Crippen molar-refractivity contribution in [3.63, 3.8) is 0 Å². The minimum absolute atomic E-state index is 0.164. The molecule has 0 fully saturated rings. The molecule has 2 heterocycles. The molecule has 31 heavy (non-hydrogen) atoms. The number of aryl methyl sites for hydroxylation is 1. The Bertz CT molecular complexity index is 1230. The monoisotopic (exact) mass is 502 g/mol. The van der Waals surface area contributed by atoms with Gasteiger partial charge in [0.25, 0.3) is 11.5 Å². The molecule has 2 atom stereocenters. The highest BCUT2D eigenvalue weighted by Crippen LogP contribution is 2.35. The summed E-state index contributed by atoms with van der Waals surface area (Å²) >= 11 is 5.02. The highest BCUT2D eigenvalue weighted by Gasteiger charge is 2.25. The number of ether oxygens (including phenoxy) is 1. The van der Waals surface area contributed by atoms with E-state index in [0.29, 0.717) is 17.1 Å². The van der Waals surface area contributed by atoms with Gasteiger partial charge in [-0.05, 0) is 77.4 Å². The number of hydrazone groups is 1. The van der Waals surface area contributed by atoms with Crippen LogP contribution in [-0.2, 0) is 17.6 Å². The number of nitrogens with one attached hydrogen (secondary N) is 1. The van der Waals surface area contributed by atoms with Crippen molar-refractivity contribution in [2.24, 2.45) is 11.0 Å². The van der Waals surface area contributed by atoms with E-state index in [1.807, 2.05) is 12.1 Å². The van der Waals surface area contributed by atoms with Crippen LogP contribution >= 0.6 is 27.3 Å². The summed E-state index contributed by atoms with van der Waals surface area (Å²) in [6, 6.07) is 4.73. The van der Waals surface area contributed by atoms with Gasteiger partial charge < -0.3 is 4.74 Å². The van der Waals surface area contributed by atoms with Crippen molar-refractivity contribution in [3.8, 4) is 5.75 Å². The zero-order valence-corrected chi connectivity index (χ0v) is 19.9. The van der Waals surface area contributed by atoms with Gasteiger partial charge in [0, 0.05) is 4.88 Å². The number of methoxy groups -OCH3 is 1. The Balaban J connectivity index is 1.53. The predicted molar refractivity (Wildman–Crippen MR) is 126 cm³/mol. The van der Waals surface area contributed by atoms with E-state index < -0.39 is 6.04 Å². The summed E-state index contributed by atoms with van der Waals surface area (Å²) in [5.41, 5.74) is 4.25. The minimum atomic E-state index is -0.734. The molecule has 3 aromatic rings. The lowest BCUT2D eigenvalue weighted by atomic mass is 9.89. The number of rotatable bonds is 5. The largest absolute Gasteiger partial charge is 0.496 e. The number of carbonyl (C=O) groups is 1. The summed E-state index contributed by atoms with van der Waals surface area (Å²) in [6.45, 7) is 3.90. The highest BCUT2D eigenvalue weighted by atomic mass is 79.9. The van der Waals surface area contributed by atoms with E-state index in [4.69, 9.17) is 4.74 Å². The molecule has 1 amide bonds.